The normalized spacial score (nSPS) is 11.4. The second-order valence-electron chi connectivity index (χ2n) is 2.82. The van der Waals surface area contributed by atoms with Gasteiger partial charge in [0.15, 0.2) is 0 Å². The van der Waals surface area contributed by atoms with E-state index in [9.17, 15) is 0 Å². The Morgan fingerprint density at radius 1 is 1.25 bits per heavy atom. The number of allylic oxidation sites excluding steroid dienone is 2. The number of para-hydroxylation sites is 1. The Hall–Kier alpha value is -1.24. The molecule has 0 heterocycles. The van der Waals surface area contributed by atoms with E-state index in [1.54, 1.807) is 0 Å². The van der Waals surface area contributed by atoms with Crippen molar-refractivity contribution in [3.05, 3.63) is 42.1 Å². The first-order valence-electron chi connectivity index (χ1n) is 4.17. The number of hydrogen-bond acceptors (Lipinski definition) is 1. The fourth-order valence-electron chi connectivity index (χ4n) is 1.05. The molecule has 0 atom stereocenters. The monoisotopic (exact) mass is 161 g/mol. The van der Waals surface area contributed by atoms with Crippen LogP contribution in [0.2, 0.25) is 0 Å². The predicted octanol–water partition coefficient (Wildman–Crippen LogP) is 3.05. The summed E-state index contributed by atoms with van der Waals surface area (Å²) in [7, 11) is 2.07. The van der Waals surface area contributed by atoms with Crippen molar-refractivity contribution in [2.45, 2.75) is 13.8 Å². The minimum atomic E-state index is 1.23. The van der Waals surface area contributed by atoms with Crippen LogP contribution in [0.25, 0.3) is 0 Å². The van der Waals surface area contributed by atoms with Crippen molar-refractivity contribution >= 4 is 5.69 Å². The molecule has 0 bridgehead atoms. The summed E-state index contributed by atoms with van der Waals surface area (Å²) in [5, 5.41) is 0. The van der Waals surface area contributed by atoms with Crippen LogP contribution in [0.4, 0.5) is 5.69 Å². The SMILES string of the molecule is C/C=C(\C)N(C)c1ccccc1. The average molecular weight is 161 g/mol. The summed E-state index contributed by atoms with van der Waals surface area (Å²) in [6.07, 6.45) is 2.10. The Bertz CT molecular complexity index is 262. The van der Waals surface area contributed by atoms with Crippen molar-refractivity contribution in [2.24, 2.45) is 0 Å². The van der Waals surface area contributed by atoms with Gasteiger partial charge in [-0.3, -0.25) is 0 Å². The van der Waals surface area contributed by atoms with Gasteiger partial charge >= 0.3 is 0 Å². The molecular weight excluding hydrogens is 146 g/mol. The van der Waals surface area contributed by atoms with Gasteiger partial charge in [0.1, 0.15) is 0 Å². The molecule has 0 spiro atoms. The maximum atomic E-state index is 2.17. The summed E-state index contributed by atoms with van der Waals surface area (Å²) in [5.74, 6) is 0. The van der Waals surface area contributed by atoms with Crippen LogP contribution in [0.15, 0.2) is 42.1 Å². The van der Waals surface area contributed by atoms with Gasteiger partial charge < -0.3 is 4.90 Å². The smallest absolute Gasteiger partial charge is 0.0405 e. The molecule has 1 nitrogen and oxygen atoms in total. The molecule has 0 N–H and O–H groups in total. The van der Waals surface area contributed by atoms with E-state index in [-0.39, 0.29) is 0 Å². The van der Waals surface area contributed by atoms with E-state index in [0.717, 1.165) is 0 Å². The average Bonchev–Trinajstić information content (AvgIpc) is 2.17. The minimum absolute atomic E-state index is 1.23. The molecule has 0 unspecified atom stereocenters. The van der Waals surface area contributed by atoms with Crippen LogP contribution >= 0.6 is 0 Å². The van der Waals surface area contributed by atoms with Crippen molar-refractivity contribution in [2.75, 3.05) is 11.9 Å². The molecule has 0 aliphatic heterocycles. The summed E-state index contributed by atoms with van der Waals surface area (Å²) in [6.45, 7) is 4.15. The first-order chi connectivity index (χ1) is 5.75. The summed E-state index contributed by atoms with van der Waals surface area (Å²) in [5.41, 5.74) is 2.49. The van der Waals surface area contributed by atoms with Crippen molar-refractivity contribution in [1.29, 1.82) is 0 Å². The van der Waals surface area contributed by atoms with Gasteiger partial charge in [-0.05, 0) is 26.0 Å². The molecule has 0 aliphatic carbocycles. The molecule has 0 saturated carbocycles. The standard InChI is InChI=1S/C11H15N/c1-4-10(2)12(3)11-8-6-5-7-9-11/h4-9H,1-3H3/b10-4+. The molecular formula is C11H15N. The highest BCUT2D eigenvalue weighted by atomic mass is 15.1. The fraction of sp³-hybridized carbons (Fsp3) is 0.273. The van der Waals surface area contributed by atoms with E-state index in [0.29, 0.717) is 0 Å². The van der Waals surface area contributed by atoms with Crippen LogP contribution in [-0.4, -0.2) is 7.05 Å². The summed E-state index contributed by atoms with van der Waals surface area (Å²) < 4.78 is 0. The van der Waals surface area contributed by atoms with E-state index < -0.39 is 0 Å². The molecule has 0 saturated heterocycles. The van der Waals surface area contributed by atoms with Crippen molar-refractivity contribution < 1.29 is 0 Å². The van der Waals surface area contributed by atoms with Gasteiger partial charge in [-0.25, -0.2) is 0 Å². The zero-order valence-electron chi connectivity index (χ0n) is 7.91. The molecule has 1 aromatic rings. The first-order valence-corrected chi connectivity index (χ1v) is 4.17. The predicted molar refractivity (Wildman–Crippen MR) is 54.3 cm³/mol. The summed E-state index contributed by atoms with van der Waals surface area (Å²) >= 11 is 0. The van der Waals surface area contributed by atoms with Crippen LogP contribution in [0, 0.1) is 0 Å². The number of hydrogen-bond donors (Lipinski definition) is 0. The van der Waals surface area contributed by atoms with Crippen LogP contribution < -0.4 is 4.90 Å². The third-order valence-electron chi connectivity index (χ3n) is 2.09. The van der Waals surface area contributed by atoms with Gasteiger partial charge in [-0.15, -0.1) is 0 Å². The number of rotatable bonds is 2. The van der Waals surface area contributed by atoms with Gasteiger partial charge in [-0.2, -0.15) is 0 Å². The Labute approximate surface area is 74.3 Å². The molecule has 0 aromatic heterocycles. The Kier molecular flexibility index (Phi) is 2.92. The molecule has 1 rings (SSSR count). The van der Waals surface area contributed by atoms with Crippen LogP contribution in [-0.2, 0) is 0 Å². The Morgan fingerprint density at radius 2 is 1.83 bits per heavy atom. The lowest BCUT2D eigenvalue weighted by Gasteiger charge is -2.19. The summed E-state index contributed by atoms with van der Waals surface area (Å²) in [6, 6.07) is 10.3. The molecule has 1 aromatic carbocycles. The van der Waals surface area contributed by atoms with Crippen LogP contribution in [0.5, 0.6) is 0 Å². The zero-order valence-corrected chi connectivity index (χ0v) is 7.91. The molecule has 0 radical (unpaired) electrons. The maximum absolute atomic E-state index is 2.17. The van der Waals surface area contributed by atoms with E-state index in [4.69, 9.17) is 0 Å². The fourth-order valence-corrected chi connectivity index (χ4v) is 1.05. The lowest BCUT2D eigenvalue weighted by molar-refractivity contribution is 1.08. The highest BCUT2D eigenvalue weighted by Crippen LogP contribution is 2.15. The van der Waals surface area contributed by atoms with Gasteiger partial charge in [-0.1, -0.05) is 24.3 Å². The molecule has 0 fully saturated rings. The van der Waals surface area contributed by atoms with Gasteiger partial charge in [0.05, 0.1) is 0 Å². The van der Waals surface area contributed by atoms with E-state index >= 15 is 0 Å². The Morgan fingerprint density at radius 3 is 2.33 bits per heavy atom. The molecule has 1 heteroatoms. The topological polar surface area (TPSA) is 3.24 Å². The van der Waals surface area contributed by atoms with Crippen LogP contribution in [0.3, 0.4) is 0 Å². The number of nitrogens with zero attached hydrogens (tertiary/aromatic N) is 1. The first kappa shape index (κ1) is 8.85. The van der Waals surface area contributed by atoms with Gasteiger partial charge in [0, 0.05) is 18.4 Å². The molecule has 64 valence electrons. The molecule has 0 aliphatic rings. The van der Waals surface area contributed by atoms with E-state index in [1.165, 1.54) is 11.4 Å². The minimum Gasteiger partial charge on any atom is -0.349 e. The zero-order chi connectivity index (χ0) is 8.97. The van der Waals surface area contributed by atoms with E-state index in [2.05, 4.69) is 56.1 Å². The van der Waals surface area contributed by atoms with Crippen molar-refractivity contribution in [1.82, 2.24) is 0 Å². The lowest BCUT2D eigenvalue weighted by Crippen LogP contribution is -2.13. The quantitative estimate of drug-likeness (QED) is 0.644. The third-order valence-corrected chi connectivity index (χ3v) is 2.09. The molecule has 12 heavy (non-hydrogen) atoms. The summed E-state index contributed by atoms with van der Waals surface area (Å²) in [4.78, 5) is 2.17. The van der Waals surface area contributed by atoms with Gasteiger partial charge in [0.25, 0.3) is 0 Å². The Balaban J connectivity index is 2.86. The molecule has 0 amide bonds. The van der Waals surface area contributed by atoms with Crippen molar-refractivity contribution in [3.8, 4) is 0 Å². The lowest BCUT2D eigenvalue weighted by atomic mass is 10.3. The second-order valence-corrected chi connectivity index (χ2v) is 2.82. The maximum Gasteiger partial charge on any atom is 0.0405 e. The number of benzene rings is 1. The number of anilines is 1. The third kappa shape index (κ3) is 1.88. The highest BCUT2D eigenvalue weighted by molar-refractivity contribution is 5.50. The largest absolute Gasteiger partial charge is 0.349 e. The van der Waals surface area contributed by atoms with Crippen LogP contribution in [0.1, 0.15) is 13.8 Å². The highest BCUT2D eigenvalue weighted by Gasteiger charge is 1.98. The second kappa shape index (κ2) is 3.96. The van der Waals surface area contributed by atoms with Gasteiger partial charge in [0.2, 0.25) is 0 Å². The van der Waals surface area contributed by atoms with Crippen molar-refractivity contribution in [3.63, 3.8) is 0 Å². The van der Waals surface area contributed by atoms with E-state index in [1.807, 2.05) is 6.07 Å².